The van der Waals surface area contributed by atoms with Gasteiger partial charge in [0.2, 0.25) is 0 Å². The molecule has 1 aliphatic heterocycles. The second-order valence-electron chi connectivity index (χ2n) is 4.48. The molecule has 18 heavy (non-hydrogen) atoms. The number of nitrogens with zero attached hydrogens (tertiary/aromatic N) is 1. The van der Waals surface area contributed by atoms with Crippen molar-refractivity contribution in [2.24, 2.45) is 0 Å². The van der Waals surface area contributed by atoms with Crippen molar-refractivity contribution in [3.05, 3.63) is 29.6 Å². The summed E-state index contributed by atoms with van der Waals surface area (Å²) < 4.78 is 18.6. The molecular weight excluding hydrogens is 237 g/mol. The SMILES string of the molecule is C[C@H](O)c1cc(F)ccc1N1CCOCC1CO. The van der Waals surface area contributed by atoms with E-state index in [1.165, 1.54) is 12.1 Å². The number of benzene rings is 1. The van der Waals surface area contributed by atoms with E-state index in [0.717, 1.165) is 5.69 Å². The Morgan fingerprint density at radius 1 is 1.56 bits per heavy atom. The molecule has 1 saturated heterocycles. The van der Waals surface area contributed by atoms with Gasteiger partial charge in [-0.3, -0.25) is 0 Å². The van der Waals surface area contributed by atoms with Crippen molar-refractivity contribution in [1.29, 1.82) is 0 Å². The molecule has 1 aromatic carbocycles. The Labute approximate surface area is 106 Å². The number of hydrogen-bond donors (Lipinski definition) is 2. The van der Waals surface area contributed by atoms with Crippen LogP contribution in [0.5, 0.6) is 0 Å². The summed E-state index contributed by atoms with van der Waals surface area (Å²) in [5.41, 5.74) is 1.30. The molecule has 1 aromatic rings. The highest BCUT2D eigenvalue weighted by Crippen LogP contribution is 2.29. The van der Waals surface area contributed by atoms with E-state index in [2.05, 4.69) is 0 Å². The van der Waals surface area contributed by atoms with Crippen molar-refractivity contribution in [2.45, 2.75) is 19.1 Å². The van der Waals surface area contributed by atoms with E-state index < -0.39 is 6.10 Å². The lowest BCUT2D eigenvalue weighted by molar-refractivity contribution is 0.0722. The highest BCUT2D eigenvalue weighted by Gasteiger charge is 2.25. The van der Waals surface area contributed by atoms with Crippen molar-refractivity contribution in [3.8, 4) is 0 Å². The Hall–Kier alpha value is -1.17. The van der Waals surface area contributed by atoms with E-state index in [-0.39, 0.29) is 18.5 Å². The Morgan fingerprint density at radius 3 is 3.00 bits per heavy atom. The zero-order valence-corrected chi connectivity index (χ0v) is 10.3. The molecule has 0 radical (unpaired) electrons. The largest absolute Gasteiger partial charge is 0.394 e. The number of hydrogen-bond acceptors (Lipinski definition) is 4. The van der Waals surface area contributed by atoms with Crippen LogP contribution in [0.15, 0.2) is 18.2 Å². The van der Waals surface area contributed by atoms with Gasteiger partial charge in [-0.2, -0.15) is 0 Å². The second kappa shape index (κ2) is 5.65. The zero-order valence-electron chi connectivity index (χ0n) is 10.3. The van der Waals surface area contributed by atoms with Crippen LogP contribution < -0.4 is 4.90 Å². The van der Waals surface area contributed by atoms with Crippen molar-refractivity contribution >= 4 is 5.69 Å². The van der Waals surface area contributed by atoms with Gasteiger partial charge in [-0.1, -0.05) is 0 Å². The summed E-state index contributed by atoms with van der Waals surface area (Å²) in [5, 5.41) is 19.1. The van der Waals surface area contributed by atoms with Crippen molar-refractivity contribution in [1.82, 2.24) is 0 Å². The van der Waals surface area contributed by atoms with Gasteiger partial charge in [0.15, 0.2) is 0 Å². The van der Waals surface area contributed by atoms with Crippen molar-refractivity contribution in [3.63, 3.8) is 0 Å². The standard InChI is InChI=1S/C13H18FNO3/c1-9(17)12-6-10(14)2-3-13(12)15-4-5-18-8-11(15)7-16/h2-3,6,9,11,16-17H,4-5,7-8H2,1H3/t9-,11?/m0/s1. The van der Waals surface area contributed by atoms with Gasteiger partial charge in [-0.25, -0.2) is 4.39 Å². The lowest BCUT2D eigenvalue weighted by Gasteiger charge is -2.37. The van der Waals surface area contributed by atoms with E-state index in [1.54, 1.807) is 13.0 Å². The van der Waals surface area contributed by atoms with E-state index >= 15 is 0 Å². The molecular formula is C13H18FNO3. The number of anilines is 1. The third-order valence-corrected chi connectivity index (χ3v) is 3.19. The van der Waals surface area contributed by atoms with Gasteiger partial charge in [0.25, 0.3) is 0 Å². The average molecular weight is 255 g/mol. The van der Waals surface area contributed by atoms with Gasteiger partial charge >= 0.3 is 0 Å². The molecule has 2 N–H and O–H groups in total. The number of halogens is 1. The van der Waals surface area contributed by atoms with Crippen LogP contribution in [0.2, 0.25) is 0 Å². The van der Waals surface area contributed by atoms with Crippen LogP contribution in [-0.2, 0) is 4.74 Å². The molecule has 1 fully saturated rings. The number of aliphatic hydroxyl groups is 2. The fraction of sp³-hybridized carbons (Fsp3) is 0.538. The molecule has 4 nitrogen and oxygen atoms in total. The molecule has 1 heterocycles. The third kappa shape index (κ3) is 2.63. The summed E-state index contributed by atoms with van der Waals surface area (Å²) in [7, 11) is 0. The molecule has 0 aromatic heterocycles. The Balaban J connectivity index is 2.36. The summed E-state index contributed by atoms with van der Waals surface area (Å²) in [6, 6.07) is 4.20. The van der Waals surface area contributed by atoms with Crippen LogP contribution in [-0.4, -0.2) is 42.6 Å². The minimum absolute atomic E-state index is 0.0311. The Kier molecular flexibility index (Phi) is 4.16. The lowest BCUT2D eigenvalue weighted by atomic mass is 10.0. The first kappa shape index (κ1) is 13.3. The topological polar surface area (TPSA) is 52.9 Å². The number of morpholine rings is 1. The molecule has 5 heteroatoms. The lowest BCUT2D eigenvalue weighted by Crippen LogP contribution is -2.48. The minimum Gasteiger partial charge on any atom is -0.394 e. The third-order valence-electron chi connectivity index (χ3n) is 3.19. The average Bonchev–Trinajstić information content (AvgIpc) is 2.38. The van der Waals surface area contributed by atoms with Gasteiger partial charge in [0, 0.05) is 17.8 Å². The highest BCUT2D eigenvalue weighted by molar-refractivity contribution is 5.56. The van der Waals surface area contributed by atoms with Crippen molar-refractivity contribution < 1.29 is 19.3 Å². The predicted octanol–water partition coefficient (Wildman–Crippen LogP) is 1.08. The first-order valence-electron chi connectivity index (χ1n) is 6.06. The molecule has 0 bridgehead atoms. The Bertz CT molecular complexity index is 411. The fourth-order valence-corrected chi connectivity index (χ4v) is 2.24. The normalized spacial score (nSPS) is 22.0. The molecule has 1 unspecified atom stereocenters. The van der Waals surface area contributed by atoms with Gasteiger partial charge in [0.05, 0.1) is 32.0 Å². The van der Waals surface area contributed by atoms with Crippen LogP contribution in [0, 0.1) is 5.82 Å². The molecule has 0 aliphatic carbocycles. The summed E-state index contributed by atoms with van der Waals surface area (Å²) in [5.74, 6) is -0.372. The maximum Gasteiger partial charge on any atom is 0.123 e. The van der Waals surface area contributed by atoms with Gasteiger partial charge < -0.3 is 19.8 Å². The van der Waals surface area contributed by atoms with E-state index in [1.807, 2.05) is 4.90 Å². The quantitative estimate of drug-likeness (QED) is 0.848. The van der Waals surface area contributed by atoms with Gasteiger partial charge in [-0.05, 0) is 25.1 Å². The minimum atomic E-state index is -0.752. The second-order valence-corrected chi connectivity index (χ2v) is 4.48. The molecule has 0 amide bonds. The van der Waals surface area contributed by atoms with E-state index in [0.29, 0.717) is 25.3 Å². The van der Waals surface area contributed by atoms with Crippen LogP contribution in [0.1, 0.15) is 18.6 Å². The van der Waals surface area contributed by atoms with Crippen LogP contribution in [0.4, 0.5) is 10.1 Å². The molecule has 0 spiro atoms. The number of rotatable bonds is 3. The molecule has 2 atom stereocenters. The van der Waals surface area contributed by atoms with Crippen LogP contribution >= 0.6 is 0 Å². The maximum atomic E-state index is 13.3. The van der Waals surface area contributed by atoms with Crippen LogP contribution in [0.3, 0.4) is 0 Å². The molecule has 0 saturated carbocycles. The van der Waals surface area contributed by atoms with Gasteiger partial charge in [-0.15, -0.1) is 0 Å². The molecule has 2 rings (SSSR count). The smallest absolute Gasteiger partial charge is 0.123 e. The first-order chi connectivity index (χ1) is 8.63. The fourth-order valence-electron chi connectivity index (χ4n) is 2.24. The summed E-state index contributed by atoms with van der Waals surface area (Å²) in [4.78, 5) is 1.96. The van der Waals surface area contributed by atoms with Gasteiger partial charge in [0.1, 0.15) is 5.82 Å². The maximum absolute atomic E-state index is 13.3. The Morgan fingerprint density at radius 2 is 2.33 bits per heavy atom. The monoisotopic (exact) mass is 255 g/mol. The van der Waals surface area contributed by atoms with E-state index in [4.69, 9.17) is 4.74 Å². The van der Waals surface area contributed by atoms with E-state index in [9.17, 15) is 14.6 Å². The highest BCUT2D eigenvalue weighted by atomic mass is 19.1. The number of aliphatic hydroxyl groups excluding tert-OH is 2. The van der Waals surface area contributed by atoms with Crippen LogP contribution in [0.25, 0.3) is 0 Å². The molecule has 1 aliphatic rings. The summed E-state index contributed by atoms with van der Waals surface area (Å²) in [6.45, 7) is 3.19. The number of ether oxygens (including phenoxy) is 1. The zero-order chi connectivity index (χ0) is 13.1. The van der Waals surface area contributed by atoms with Crippen molar-refractivity contribution in [2.75, 3.05) is 31.3 Å². The predicted molar refractivity (Wildman–Crippen MR) is 66.1 cm³/mol. The first-order valence-corrected chi connectivity index (χ1v) is 6.06. The summed E-state index contributed by atoms with van der Waals surface area (Å²) in [6.07, 6.45) is -0.752. The summed E-state index contributed by atoms with van der Waals surface area (Å²) >= 11 is 0. The molecule has 100 valence electrons.